The molecule has 1 saturated heterocycles. The summed E-state index contributed by atoms with van der Waals surface area (Å²) < 4.78 is 0. The Hall–Kier alpha value is -1.14. The van der Waals surface area contributed by atoms with Gasteiger partial charge in [0.15, 0.2) is 6.04 Å². The van der Waals surface area contributed by atoms with Crippen molar-refractivity contribution in [3.05, 3.63) is 0 Å². The molecule has 0 radical (unpaired) electrons. The Morgan fingerprint density at radius 1 is 1.29 bits per heavy atom. The molecule has 0 aromatic rings. The Morgan fingerprint density at radius 2 is 1.79 bits per heavy atom. The monoisotopic (exact) mass is 201 g/mol. The van der Waals surface area contributed by atoms with Gasteiger partial charge in [0, 0.05) is 26.2 Å². The molecule has 0 bridgehead atoms. The van der Waals surface area contributed by atoms with Crippen LogP contribution < -0.4 is 5.73 Å². The molecule has 1 heterocycles. The second-order valence-electron chi connectivity index (χ2n) is 3.44. The smallest absolute Gasteiger partial charge is 0.330 e. The summed E-state index contributed by atoms with van der Waals surface area (Å²) in [5, 5.41) is 8.55. The van der Waals surface area contributed by atoms with Gasteiger partial charge in [0.1, 0.15) is 0 Å². The van der Waals surface area contributed by atoms with Crippen LogP contribution >= 0.6 is 0 Å². The average molecular weight is 201 g/mol. The standard InChI is InChI=1S/C8H15N3O3/c1-10-2-4-11(5-3-10)7(12)6(9)8(13)14/h6H,2-5,9H2,1H3,(H,13,14). The molecule has 0 aliphatic carbocycles. The Morgan fingerprint density at radius 3 is 2.21 bits per heavy atom. The van der Waals surface area contributed by atoms with E-state index in [0.29, 0.717) is 13.1 Å². The van der Waals surface area contributed by atoms with Gasteiger partial charge in [0.05, 0.1) is 0 Å². The van der Waals surface area contributed by atoms with Crippen molar-refractivity contribution in [1.82, 2.24) is 9.80 Å². The first kappa shape index (κ1) is 10.9. The second kappa shape index (κ2) is 4.39. The van der Waals surface area contributed by atoms with Crippen molar-refractivity contribution < 1.29 is 14.7 Å². The van der Waals surface area contributed by atoms with Gasteiger partial charge in [-0.1, -0.05) is 0 Å². The molecule has 0 spiro atoms. The third-order valence-corrected chi connectivity index (χ3v) is 2.35. The molecule has 3 N–H and O–H groups in total. The fourth-order valence-electron chi connectivity index (χ4n) is 1.33. The van der Waals surface area contributed by atoms with Crippen LogP contribution in [0.5, 0.6) is 0 Å². The largest absolute Gasteiger partial charge is 0.480 e. The van der Waals surface area contributed by atoms with Gasteiger partial charge in [0.25, 0.3) is 5.91 Å². The van der Waals surface area contributed by atoms with Crippen molar-refractivity contribution in [2.24, 2.45) is 5.73 Å². The van der Waals surface area contributed by atoms with Gasteiger partial charge in [0.2, 0.25) is 0 Å². The van der Waals surface area contributed by atoms with Gasteiger partial charge < -0.3 is 20.6 Å². The second-order valence-corrected chi connectivity index (χ2v) is 3.44. The van der Waals surface area contributed by atoms with Crippen LogP contribution in [-0.2, 0) is 9.59 Å². The zero-order chi connectivity index (χ0) is 10.7. The summed E-state index contributed by atoms with van der Waals surface area (Å²) in [6.07, 6.45) is 0. The van der Waals surface area contributed by atoms with Crippen molar-refractivity contribution in [2.75, 3.05) is 33.2 Å². The van der Waals surface area contributed by atoms with Crippen molar-refractivity contribution in [2.45, 2.75) is 6.04 Å². The predicted octanol–water partition coefficient (Wildman–Crippen LogP) is -1.83. The van der Waals surface area contributed by atoms with Crippen molar-refractivity contribution in [3.8, 4) is 0 Å². The summed E-state index contributed by atoms with van der Waals surface area (Å²) in [5.41, 5.74) is 5.22. The number of carbonyl (C=O) groups excluding carboxylic acids is 1. The molecule has 1 fully saturated rings. The van der Waals surface area contributed by atoms with E-state index in [1.54, 1.807) is 0 Å². The lowest BCUT2D eigenvalue weighted by molar-refractivity contribution is -0.147. The first-order valence-corrected chi connectivity index (χ1v) is 4.48. The molecule has 0 saturated carbocycles. The molecule has 6 heteroatoms. The van der Waals surface area contributed by atoms with Gasteiger partial charge >= 0.3 is 5.97 Å². The van der Waals surface area contributed by atoms with Gasteiger partial charge in [-0.25, -0.2) is 4.79 Å². The zero-order valence-corrected chi connectivity index (χ0v) is 8.14. The van der Waals surface area contributed by atoms with E-state index in [1.807, 2.05) is 7.05 Å². The minimum Gasteiger partial charge on any atom is -0.480 e. The minimum atomic E-state index is -1.42. The molecule has 1 atom stereocenters. The van der Waals surface area contributed by atoms with Crippen LogP contribution in [0.3, 0.4) is 0 Å². The van der Waals surface area contributed by atoms with Crippen LogP contribution in [0.4, 0.5) is 0 Å². The summed E-state index contributed by atoms with van der Waals surface area (Å²) in [5.74, 6) is -1.76. The number of nitrogens with two attached hydrogens (primary N) is 1. The normalized spacial score (nSPS) is 20.6. The lowest BCUT2D eigenvalue weighted by Crippen LogP contribution is -2.54. The topological polar surface area (TPSA) is 86.9 Å². The highest BCUT2D eigenvalue weighted by Gasteiger charge is 2.28. The first-order valence-electron chi connectivity index (χ1n) is 4.48. The van der Waals surface area contributed by atoms with Gasteiger partial charge in [-0.05, 0) is 7.05 Å². The average Bonchev–Trinajstić information content (AvgIpc) is 2.16. The van der Waals surface area contributed by atoms with Crippen LogP contribution in [0, 0.1) is 0 Å². The van der Waals surface area contributed by atoms with Crippen LogP contribution in [0.1, 0.15) is 0 Å². The molecular formula is C8H15N3O3. The van der Waals surface area contributed by atoms with Crippen LogP contribution in [0.15, 0.2) is 0 Å². The molecule has 1 rings (SSSR count). The molecule has 6 nitrogen and oxygen atoms in total. The summed E-state index contributed by atoms with van der Waals surface area (Å²) in [7, 11) is 1.96. The number of amides is 1. The number of nitrogens with zero attached hydrogens (tertiary/aromatic N) is 2. The number of piperazine rings is 1. The van der Waals surface area contributed by atoms with E-state index in [-0.39, 0.29) is 0 Å². The Kier molecular flexibility index (Phi) is 3.43. The third kappa shape index (κ3) is 2.43. The first-order chi connectivity index (χ1) is 6.52. The molecule has 14 heavy (non-hydrogen) atoms. The molecule has 0 aromatic carbocycles. The van der Waals surface area contributed by atoms with E-state index < -0.39 is 17.9 Å². The van der Waals surface area contributed by atoms with Crippen LogP contribution in [0.25, 0.3) is 0 Å². The van der Waals surface area contributed by atoms with Crippen LogP contribution in [-0.4, -0.2) is 66.1 Å². The summed E-state index contributed by atoms with van der Waals surface area (Å²) in [6.45, 7) is 2.63. The number of carboxylic acids is 1. The molecular weight excluding hydrogens is 186 g/mol. The highest BCUT2D eigenvalue weighted by molar-refractivity contribution is 6.00. The van der Waals surface area contributed by atoms with E-state index in [9.17, 15) is 9.59 Å². The summed E-state index contributed by atoms with van der Waals surface area (Å²) in [6, 6.07) is -1.42. The Balaban J connectivity index is 2.49. The number of carboxylic acid groups (broad SMARTS) is 1. The molecule has 1 unspecified atom stereocenters. The number of hydrogen-bond acceptors (Lipinski definition) is 4. The molecule has 0 aromatic heterocycles. The van der Waals surface area contributed by atoms with Gasteiger partial charge in [-0.3, -0.25) is 4.79 Å². The number of likely N-dealkylation sites (N-methyl/N-ethyl adjacent to an activating group) is 1. The van der Waals surface area contributed by atoms with E-state index in [0.717, 1.165) is 13.1 Å². The zero-order valence-electron chi connectivity index (χ0n) is 8.14. The van der Waals surface area contributed by atoms with Crippen molar-refractivity contribution in [1.29, 1.82) is 0 Å². The SMILES string of the molecule is CN1CCN(C(=O)C(N)C(=O)O)CC1. The molecule has 1 amide bonds. The summed E-state index contributed by atoms with van der Waals surface area (Å²) in [4.78, 5) is 25.5. The number of carbonyl (C=O) groups is 2. The molecule has 80 valence electrons. The highest BCUT2D eigenvalue weighted by atomic mass is 16.4. The third-order valence-electron chi connectivity index (χ3n) is 2.35. The molecule has 1 aliphatic heterocycles. The summed E-state index contributed by atoms with van der Waals surface area (Å²) >= 11 is 0. The van der Waals surface area contributed by atoms with Crippen LogP contribution in [0.2, 0.25) is 0 Å². The quantitative estimate of drug-likeness (QED) is 0.513. The Bertz CT molecular complexity index is 236. The van der Waals surface area contributed by atoms with E-state index >= 15 is 0 Å². The van der Waals surface area contributed by atoms with E-state index in [4.69, 9.17) is 10.8 Å². The lowest BCUT2D eigenvalue weighted by atomic mass is 10.2. The number of rotatable bonds is 2. The minimum absolute atomic E-state index is 0.495. The highest BCUT2D eigenvalue weighted by Crippen LogP contribution is 2.01. The maximum Gasteiger partial charge on any atom is 0.330 e. The maximum atomic E-state index is 11.4. The maximum absolute atomic E-state index is 11.4. The Labute approximate surface area is 82.3 Å². The number of hydrogen-bond donors (Lipinski definition) is 2. The lowest BCUT2D eigenvalue weighted by Gasteiger charge is -2.33. The number of aliphatic carboxylic acids is 1. The fraction of sp³-hybridized carbons (Fsp3) is 0.750. The van der Waals surface area contributed by atoms with Gasteiger partial charge in [-0.15, -0.1) is 0 Å². The van der Waals surface area contributed by atoms with E-state index in [2.05, 4.69) is 4.90 Å². The van der Waals surface area contributed by atoms with Crippen molar-refractivity contribution >= 4 is 11.9 Å². The molecule has 1 aliphatic rings. The van der Waals surface area contributed by atoms with E-state index in [1.165, 1.54) is 4.90 Å². The fourth-order valence-corrected chi connectivity index (χ4v) is 1.33. The van der Waals surface area contributed by atoms with Gasteiger partial charge in [-0.2, -0.15) is 0 Å². The predicted molar refractivity (Wildman–Crippen MR) is 49.7 cm³/mol. The van der Waals surface area contributed by atoms with Crippen molar-refractivity contribution in [3.63, 3.8) is 0 Å².